The van der Waals surface area contributed by atoms with Crippen molar-refractivity contribution >= 4 is 16.5 Å². The van der Waals surface area contributed by atoms with Crippen molar-refractivity contribution in [1.29, 1.82) is 0 Å². The summed E-state index contributed by atoms with van der Waals surface area (Å²) < 4.78 is 0. The number of benzene rings is 1. The van der Waals surface area contributed by atoms with Crippen LogP contribution >= 0.6 is 0 Å². The molecule has 0 bridgehead atoms. The highest BCUT2D eigenvalue weighted by atomic mass is 14.9. The lowest BCUT2D eigenvalue weighted by Crippen LogP contribution is -2.12. The third kappa shape index (κ3) is 3.19. The van der Waals surface area contributed by atoms with Crippen LogP contribution in [-0.4, -0.2) is 11.5 Å². The molecule has 1 aromatic carbocycles. The number of nitrogens with one attached hydrogen (secondary N) is 1. The number of rotatable bonds is 3. The van der Waals surface area contributed by atoms with Gasteiger partial charge in [0, 0.05) is 30.0 Å². The molecule has 0 saturated carbocycles. The molecule has 17 heavy (non-hydrogen) atoms. The van der Waals surface area contributed by atoms with Crippen LogP contribution in [0.15, 0.2) is 36.7 Å². The minimum absolute atomic E-state index is 0.371. The normalized spacial score (nSPS) is 11.7. The fourth-order valence-electron chi connectivity index (χ4n) is 1.84. The first-order chi connectivity index (χ1) is 8.06. The van der Waals surface area contributed by atoms with Crippen molar-refractivity contribution in [2.45, 2.75) is 27.2 Å². The third-order valence-electron chi connectivity index (χ3n) is 2.87. The van der Waals surface area contributed by atoms with E-state index in [1.807, 2.05) is 18.5 Å². The Balaban J connectivity index is 2.13. The summed E-state index contributed by atoms with van der Waals surface area (Å²) in [5, 5.41) is 5.94. The van der Waals surface area contributed by atoms with E-state index < -0.39 is 0 Å². The highest BCUT2D eigenvalue weighted by Gasteiger charge is 2.09. The first-order valence-corrected chi connectivity index (χ1v) is 6.13. The quantitative estimate of drug-likeness (QED) is 0.856. The summed E-state index contributed by atoms with van der Waals surface area (Å²) in [5.41, 5.74) is 1.55. The summed E-state index contributed by atoms with van der Waals surface area (Å²) in [6.07, 6.45) is 4.92. The molecule has 0 aliphatic rings. The van der Waals surface area contributed by atoms with Crippen LogP contribution in [0.5, 0.6) is 0 Å². The van der Waals surface area contributed by atoms with Crippen LogP contribution in [0.25, 0.3) is 10.8 Å². The summed E-state index contributed by atoms with van der Waals surface area (Å²) in [4.78, 5) is 4.19. The molecule has 0 spiro atoms. The monoisotopic (exact) mass is 228 g/mol. The second-order valence-electron chi connectivity index (χ2n) is 5.64. The number of nitrogens with zero attached hydrogens (tertiary/aromatic N) is 1. The number of fused-ring (bicyclic) bond motifs is 1. The van der Waals surface area contributed by atoms with E-state index >= 15 is 0 Å². The third-order valence-corrected chi connectivity index (χ3v) is 2.87. The van der Waals surface area contributed by atoms with E-state index in [1.165, 1.54) is 16.5 Å². The van der Waals surface area contributed by atoms with Gasteiger partial charge in [-0.15, -0.1) is 0 Å². The van der Waals surface area contributed by atoms with Crippen LogP contribution in [0.1, 0.15) is 27.2 Å². The average molecular weight is 228 g/mol. The van der Waals surface area contributed by atoms with Crippen LogP contribution in [0.4, 0.5) is 5.69 Å². The van der Waals surface area contributed by atoms with E-state index in [1.54, 1.807) is 0 Å². The van der Waals surface area contributed by atoms with Crippen molar-refractivity contribution in [3.05, 3.63) is 36.7 Å². The zero-order valence-electron chi connectivity index (χ0n) is 10.8. The minimum Gasteiger partial charge on any atom is -0.384 e. The van der Waals surface area contributed by atoms with Crippen molar-refractivity contribution in [1.82, 2.24) is 4.98 Å². The molecule has 2 nitrogen and oxygen atoms in total. The van der Waals surface area contributed by atoms with Gasteiger partial charge in [-0.25, -0.2) is 0 Å². The molecular formula is C15H20N2. The van der Waals surface area contributed by atoms with Gasteiger partial charge in [-0.1, -0.05) is 32.9 Å². The van der Waals surface area contributed by atoms with E-state index in [9.17, 15) is 0 Å². The van der Waals surface area contributed by atoms with Crippen molar-refractivity contribution in [3.63, 3.8) is 0 Å². The molecular weight excluding hydrogens is 208 g/mol. The molecule has 90 valence electrons. The second-order valence-corrected chi connectivity index (χ2v) is 5.64. The molecule has 0 atom stereocenters. The average Bonchev–Trinajstić information content (AvgIpc) is 2.28. The van der Waals surface area contributed by atoms with Gasteiger partial charge in [0.2, 0.25) is 0 Å². The summed E-state index contributed by atoms with van der Waals surface area (Å²) in [6.45, 7) is 7.79. The van der Waals surface area contributed by atoms with Crippen LogP contribution in [0.3, 0.4) is 0 Å². The van der Waals surface area contributed by atoms with Crippen LogP contribution in [-0.2, 0) is 0 Å². The molecule has 0 aliphatic carbocycles. The topological polar surface area (TPSA) is 24.9 Å². The molecule has 1 heterocycles. The lowest BCUT2D eigenvalue weighted by atomic mass is 9.92. The van der Waals surface area contributed by atoms with Gasteiger partial charge in [-0.05, 0) is 29.4 Å². The van der Waals surface area contributed by atoms with Gasteiger partial charge in [-0.2, -0.15) is 0 Å². The first-order valence-electron chi connectivity index (χ1n) is 6.13. The maximum atomic E-state index is 4.19. The summed E-state index contributed by atoms with van der Waals surface area (Å²) in [6, 6.07) is 8.37. The van der Waals surface area contributed by atoms with Gasteiger partial charge in [0.25, 0.3) is 0 Å². The Morgan fingerprint density at radius 3 is 2.76 bits per heavy atom. The fourth-order valence-corrected chi connectivity index (χ4v) is 1.84. The van der Waals surface area contributed by atoms with Crippen LogP contribution in [0, 0.1) is 5.41 Å². The maximum absolute atomic E-state index is 4.19. The first kappa shape index (κ1) is 11.9. The van der Waals surface area contributed by atoms with Gasteiger partial charge < -0.3 is 5.32 Å². The number of hydrogen-bond donors (Lipinski definition) is 1. The minimum atomic E-state index is 0.371. The van der Waals surface area contributed by atoms with E-state index in [0.29, 0.717) is 5.41 Å². The van der Waals surface area contributed by atoms with Crippen LogP contribution in [0.2, 0.25) is 0 Å². The lowest BCUT2D eigenvalue weighted by Gasteiger charge is -2.19. The zero-order chi connectivity index (χ0) is 12.3. The molecule has 1 N–H and O–H groups in total. The van der Waals surface area contributed by atoms with Gasteiger partial charge in [0.15, 0.2) is 0 Å². The van der Waals surface area contributed by atoms with E-state index in [-0.39, 0.29) is 0 Å². The SMILES string of the molecule is CC(C)(C)CCNc1cccc2ccncc12. The number of aromatic nitrogens is 1. The summed E-state index contributed by atoms with van der Waals surface area (Å²) >= 11 is 0. The Labute approximate surface area is 103 Å². The van der Waals surface area contributed by atoms with E-state index in [4.69, 9.17) is 0 Å². The Kier molecular flexibility index (Phi) is 3.32. The predicted octanol–water partition coefficient (Wildman–Crippen LogP) is 4.08. The van der Waals surface area contributed by atoms with Crippen molar-refractivity contribution in [2.24, 2.45) is 5.41 Å². The molecule has 0 saturated heterocycles. The fraction of sp³-hybridized carbons (Fsp3) is 0.400. The van der Waals surface area contributed by atoms with Gasteiger partial charge in [0.1, 0.15) is 0 Å². The zero-order valence-corrected chi connectivity index (χ0v) is 10.8. The molecule has 0 unspecified atom stereocenters. The smallest absolute Gasteiger partial charge is 0.0435 e. The Hall–Kier alpha value is -1.57. The number of anilines is 1. The standard InChI is InChI=1S/C15H20N2/c1-15(2,3)8-10-17-14-6-4-5-12-7-9-16-11-13(12)14/h4-7,9,11,17H,8,10H2,1-3H3. The predicted molar refractivity (Wildman–Crippen MR) is 74.3 cm³/mol. The largest absolute Gasteiger partial charge is 0.384 e. The highest BCUT2D eigenvalue weighted by molar-refractivity contribution is 5.92. The molecule has 0 radical (unpaired) electrons. The van der Waals surface area contributed by atoms with Gasteiger partial charge in [-0.3, -0.25) is 4.98 Å². The molecule has 0 amide bonds. The summed E-state index contributed by atoms with van der Waals surface area (Å²) in [7, 11) is 0. The molecule has 2 aromatic rings. The summed E-state index contributed by atoms with van der Waals surface area (Å²) in [5.74, 6) is 0. The molecule has 2 rings (SSSR count). The molecule has 0 fully saturated rings. The van der Waals surface area contributed by atoms with Gasteiger partial charge >= 0.3 is 0 Å². The van der Waals surface area contributed by atoms with Gasteiger partial charge in [0.05, 0.1) is 0 Å². The Morgan fingerprint density at radius 2 is 2.00 bits per heavy atom. The lowest BCUT2D eigenvalue weighted by molar-refractivity contribution is 0.390. The highest BCUT2D eigenvalue weighted by Crippen LogP contribution is 2.23. The van der Waals surface area contributed by atoms with Crippen molar-refractivity contribution in [2.75, 3.05) is 11.9 Å². The van der Waals surface area contributed by atoms with E-state index in [0.717, 1.165) is 13.0 Å². The van der Waals surface area contributed by atoms with E-state index in [2.05, 4.69) is 49.3 Å². The Bertz CT molecular complexity index is 492. The van der Waals surface area contributed by atoms with Crippen LogP contribution < -0.4 is 5.32 Å². The second kappa shape index (κ2) is 4.74. The maximum Gasteiger partial charge on any atom is 0.0435 e. The molecule has 1 aromatic heterocycles. The molecule has 0 aliphatic heterocycles. The number of pyridine rings is 1. The van der Waals surface area contributed by atoms with Crippen molar-refractivity contribution in [3.8, 4) is 0 Å². The Morgan fingerprint density at radius 1 is 1.18 bits per heavy atom. The number of hydrogen-bond acceptors (Lipinski definition) is 2. The van der Waals surface area contributed by atoms with Crippen molar-refractivity contribution < 1.29 is 0 Å². The molecule has 2 heteroatoms.